The van der Waals surface area contributed by atoms with Crippen LogP contribution < -0.4 is 5.32 Å². The van der Waals surface area contributed by atoms with Gasteiger partial charge in [0.25, 0.3) is 0 Å². The Kier molecular flexibility index (Phi) is 5.12. The van der Waals surface area contributed by atoms with E-state index < -0.39 is 0 Å². The molecule has 0 radical (unpaired) electrons. The Morgan fingerprint density at radius 2 is 2.43 bits per heavy atom. The smallest absolute Gasteiger partial charge is 0.131 e. The lowest BCUT2D eigenvalue weighted by molar-refractivity contribution is 0.775. The maximum Gasteiger partial charge on any atom is 0.131 e. The van der Waals surface area contributed by atoms with Crippen LogP contribution in [0.5, 0.6) is 0 Å². The summed E-state index contributed by atoms with van der Waals surface area (Å²) >= 11 is 7.64. The van der Waals surface area contributed by atoms with E-state index in [0.717, 1.165) is 17.9 Å². The van der Waals surface area contributed by atoms with Crippen molar-refractivity contribution in [2.45, 2.75) is 19.4 Å². The van der Waals surface area contributed by atoms with Gasteiger partial charge in [-0.3, -0.25) is 0 Å². The molecule has 1 atom stereocenters. The van der Waals surface area contributed by atoms with Gasteiger partial charge in [-0.25, -0.2) is 4.98 Å². The van der Waals surface area contributed by atoms with Crippen molar-refractivity contribution in [3.63, 3.8) is 0 Å². The van der Waals surface area contributed by atoms with E-state index in [1.165, 1.54) is 0 Å². The zero-order valence-corrected chi connectivity index (χ0v) is 10.0. The van der Waals surface area contributed by atoms with Crippen LogP contribution in [0.3, 0.4) is 0 Å². The van der Waals surface area contributed by atoms with Crippen molar-refractivity contribution < 1.29 is 0 Å². The van der Waals surface area contributed by atoms with Crippen molar-refractivity contribution in [1.29, 1.82) is 0 Å². The number of anilines is 1. The minimum atomic E-state index is 0.503. The van der Waals surface area contributed by atoms with E-state index in [4.69, 9.17) is 11.6 Å². The zero-order chi connectivity index (χ0) is 10.4. The van der Waals surface area contributed by atoms with Crippen LogP contribution in [0.15, 0.2) is 18.3 Å². The highest BCUT2D eigenvalue weighted by molar-refractivity contribution is 7.98. The van der Waals surface area contributed by atoms with E-state index in [9.17, 15) is 0 Å². The summed E-state index contributed by atoms with van der Waals surface area (Å²) in [6, 6.07) is 4.29. The molecule has 0 saturated heterocycles. The van der Waals surface area contributed by atoms with E-state index in [0.29, 0.717) is 11.2 Å². The summed E-state index contributed by atoms with van der Waals surface area (Å²) in [6.45, 7) is 2.18. The van der Waals surface area contributed by atoms with E-state index in [2.05, 4.69) is 23.5 Å². The maximum absolute atomic E-state index is 5.79. The number of hydrogen-bond donors (Lipinski definition) is 1. The molecule has 0 spiro atoms. The molecule has 0 fully saturated rings. The van der Waals surface area contributed by atoms with Crippen LogP contribution in [0.25, 0.3) is 0 Å². The molecule has 2 nitrogen and oxygen atoms in total. The van der Waals surface area contributed by atoms with Gasteiger partial charge in [-0.1, -0.05) is 18.5 Å². The monoisotopic (exact) mass is 230 g/mol. The molecule has 0 aliphatic heterocycles. The highest BCUT2D eigenvalue weighted by Gasteiger charge is 2.04. The standard InChI is InChI=1S/C10H15ClN2S/c1-3-8(7-14-2)13-9-4-5-12-10(11)6-9/h4-6,8H,3,7H2,1-2H3,(H,12,13). The molecule has 0 amide bonds. The first kappa shape index (κ1) is 11.7. The Bertz CT molecular complexity index is 281. The predicted octanol–water partition coefficient (Wildman–Crippen LogP) is 3.29. The van der Waals surface area contributed by atoms with Crippen LogP contribution in [-0.2, 0) is 0 Å². The number of nitrogens with one attached hydrogen (secondary N) is 1. The van der Waals surface area contributed by atoms with Crippen LogP contribution in [0.4, 0.5) is 5.69 Å². The number of hydrogen-bond acceptors (Lipinski definition) is 3. The Morgan fingerprint density at radius 3 is 3.00 bits per heavy atom. The Balaban J connectivity index is 2.57. The van der Waals surface area contributed by atoms with Crippen LogP contribution >= 0.6 is 23.4 Å². The highest BCUT2D eigenvalue weighted by Crippen LogP contribution is 2.15. The second-order valence-electron chi connectivity index (χ2n) is 3.07. The molecule has 4 heteroatoms. The lowest BCUT2D eigenvalue weighted by Gasteiger charge is -2.16. The van der Waals surface area contributed by atoms with Gasteiger partial charge in [0, 0.05) is 23.7 Å². The predicted molar refractivity (Wildman–Crippen MR) is 65.3 cm³/mol. The summed E-state index contributed by atoms with van der Waals surface area (Å²) in [7, 11) is 0. The van der Waals surface area contributed by atoms with Crippen molar-refractivity contribution in [3.05, 3.63) is 23.5 Å². The fourth-order valence-corrected chi connectivity index (χ4v) is 2.09. The fraction of sp³-hybridized carbons (Fsp3) is 0.500. The third kappa shape index (κ3) is 3.76. The van der Waals surface area contributed by atoms with Crippen molar-refractivity contribution in [2.75, 3.05) is 17.3 Å². The third-order valence-corrected chi connectivity index (χ3v) is 2.90. The summed E-state index contributed by atoms with van der Waals surface area (Å²) in [5, 5.41) is 3.96. The molecule has 0 aliphatic rings. The SMILES string of the molecule is CCC(CSC)Nc1ccnc(Cl)c1. The van der Waals surface area contributed by atoms with Crippen molar-refractivity contribution in [1.82, 2.24) is 4.98 Å². The van der Waals surface area contributed by atoms with Crippen molar-refractivity contribution >= 4 is 29.1 Å². The second-order valence-corrected chi connectivity index (χ2v) is 4.37. The van der Waals surface area contributed by atoms with Crippen LogP contribution in [0.1, 0.15) is 13.3 Å². The first-order chi connectivity index (χ1) is 6.76. The van der Waals surface area contributed by atoms with E-state index in [1.54, 1.807) is 6.20 Å². The molecule has 14 heavy (non-hydrogen) atoms. The van der Waals surface area contributed by atoms with Crippen LogP contribution in [0.2, 0.25) is 5.15 Å². The van der Waals surface area contributed by atoms with E-state index in [-0.39, 0.29) is 0 Å². The molecule has 1 unspecified atom stereocenters. The van der Waals surface area contributed by atoms with Crippen LogP contribution in [0, 0.1) is 0 Å². The summed E-state index contributed by atoms with van der Waals surface area (Å²) in [4.78, 5) is 3.94. The number of aromatic nitrogens is 1. The quantitative estimate of drug-likeness (QED) is 0.786. The third-order valence-electron chi connectivity index (χ3n) is 1.96. The van der Waals surface area contributed by atoms with Gasteiger partial charge < -0.3 is 5.32 Å². The van der Waals surface area contributed by atoms with Gasteiger partial charge in [0.2, 0.25) is 0 Å². The minimum absolute atomic E-state index is 0.503. The van der Waals surface area contributed by atoms with Gasteiger partial charge >= 0.3 is 0 Å². The molecule has 1 N–H and O–H groups in total. The van der Waals surface area contributed by atoms with Crippen molar-refractivity contribution in [2.24, 2.45) is 0 Å². The Hall–Kier alpha value is -0.410. The molecule has 78 valence electrons. The van der Waals surface area contributed by atoms with Gasteiger partial charge in [-0.2, -0.15) is 11.8 Å². The topological polar surface area (TPSA) is 24.9 Å². The number of thioether (sulfide) groups is 1. The molecule has 1 aromatic rings. The summed E-state index contributed by atoms with van der Waals surface area (Å²) < 4.78 is 0. The molecule has 0 aromatic carbocycles. The zero-order valence-electron chi connectivity index (χ0n) is 8.46. The summed E-state index contributed by atoms with van der Waals surface area (Å²) in [5.41, 5.74) is 1.05. The Labute approximate surface area is 94.5 Å². The van der Waals surface area contributed by atoms with Crippen LogP contribution in [-0.4, -0.2) is 23.0 Å². The van der Waals surface area contributed by atoms with E-state index >= 15 is 0 Å². The fourth-order valence-electron chi connectivity index (χ4n) is 1.19. The minimum Gasteiger partial charge on any atom is -0.381 e. The summed E-state index contributed by atoms with van der Waals surface area (Å²) in [5.74, 6) is 1.11. The average Bonchev–Trinajstić information content (AvgIpc) is 2.17. The molecular formula is C10H15ClN2S. The molecule has 1 heterocycles. The van der Waals surface area contributed by atoms with Gasteiger partial charge in [0.15, 0.2) is 0 Å². The highest BCUT2D eigenvalue weighted by atomic mass is 35.5. The molecular weight excluding hydrogens is 216 g/mol. The number of pyridine rings is 1. The Morgan fingerprint density at radius 1 is 1.64 bits per heavy atom. The molecule has 0 saturated carbocycles. The van der Waals surface area contributed by atoms with Gasteiger partial charge in [0.05, 0.1) is 0 Å². The van der Waals surface area contributed by atoms with Crippen molar-refractivity contribution in [3.8, 4) is 0 Å². The first-order valence-corrected chi connectivity index (χ1v) is 6.40. The van der Waals surface area contributed by atoms with Gasteiger partial charge in [-0.05, 0) is 24.8 Å². The lowest BCUT2D eigenvalue weighted by Crippen LogP contribution is -2.20. The number of halogens is 1. The molecule has 1 rings (SSSR count). The maximum atomic E-state index is 5.79. The molecule has 0 aliphatic carbocycles. The second kappa shape index (κ2) is 6.14. The molecule has 0 bridgehead atoms. The molecule has 1 aromatic heterocycles. The number of rotatable bonds is 5. The lowest BCUT2D eigenvalue weighted by atomic mass is 10.2. The van der Waals surface area contributed by atoms with Gasteiger partial charge in [-0.15, -0.1) is 0 Å². The van der Waals surface area contributed by atoms with E-state index in [1.807, 2.05) is 23.9 Å². The first-order valence-electron chi connectivity index (χ1n) is 4.63. The normalized spacial score (nSPS) is 12.5. The largest absolute Gasteiger partial charge is 0.381 e. The average molecular weight is 231 g/mol. The summed E-state index contributed by atoms with van der Waals surface area (Å²) in [6.07, 6.45) is 4.95. The number of nitrogens with zero attached hydrogens (tertiary/aromatic N) is 1. The van der Waals surface area contributed by atoms with Gasteiger partial charge in [0.1, 0.15) is 5.15 Å².